The number of hydrogen-bond donors (Lipinski definition) is 1. The van der Waals surface area contributed by atoms with Crippen LogP contribution in [-0.4, -0.2) is 31.7 Å². The number of carbonyl (C=O) groups excluding carboxylic acids is 1. The van der Waals surface area contributed by atoms with Gasteiger partial charge in [0.1, 0.15) is 4.90 Å². The Morgan fingerprint density at radius 1 is 1.21 bits per heavy atom. The van der Waals surface area contributed by atoms with E-state index in [0.717, 1.165) is 11.1 Å². The van der Waals surface area contributed by atoms with Crippen LogP contribution < -0.4 is 5.32 Å². The molecule has 0 bridgehead atoms. The van der Waals surface area contributed by atoms with Crippen molar-refractivity contribution in [1.29, 1.82) is 0 Å². The van der Waals surface area contributed by atoms with E-state index in [2.05, 4.69) is 5.32 Å². The molecule has 0 radical (unpaired) electrons. The largest absolute Gasteiger partial charge is 0.352 e. The van der Waals surface area contributed by atoms with Crippen molar-refractivity contribution in [3.63, 3.8) is 0 Å². The van der Waals surface area contributed by atoms with Gasteiger partial charge in [-0.2, -0.15) is 4.31 Å². The zero-order valence-electron chi connectivity index (χ0n) is 15.5. The van der Waals surface area contributed by atoms with Gasteiger partial charge in [-0.25, -0.2) is 8.42 Å². The average Bonchev–Trinajstić information content (AvgIpc) is 2.68. The molecule has 1 saturated heterocycles. The van der Waals surface area contributed by atoms with Crippen LogP contribution in [0.2, 0.25) is 10.0 Å². The number of hydrogen-bond acceptors (Lipinski definition) is 3. The summed E-state index contributed by atoms with van der Waals surface area (Å²) in [5.41, 5.74) is 2.14. The lowest BCUT2D eigenvalue weighted by Crippen LogP contribution is -2.45. The summed E-state index contributed by atoms with van der Waals surface area (Å²) in [6.07, 6.45) is 1.26. The zero-order chi connectivity index (χ0) is 20.3. The Bertz CT molecular complexity index is 979. The lowest BCUT2D eigenvalue weighted by Gasteiger charge is -2.31. The van der Waals surface area contributed by atoms with Crippen molar-refractivity contribution >= 4 is 39.1 Å². The van der Waals surface area contributed by atoms with Gasteiger partial charge in [0.05, 0.1) is 10.9 Å². The number of nitrogens with zero attached hydrogens (tertiary/aromatic N) is 1. The molecule has 1 fully saturated rings. The number of rotatable bonds is 5. The van der Waals surface area contributed by atoms with Crippen molar-refractivity contribution in [2.75, 3.05) is 13.1 Å². The van der Waals surface area contributed by atoms with Gasteiger partial charge in [-0.1, -0.05) is 53.0 Å². The fraction of sp³-hybridized carbons (Fsp3) is 0.350. The van der Waals surface area contributed by atoms with Crippen LogP contribution in [-0.2, 0) is 21.4 Å². The summed E-state index contributed by atoms with van der Waals surface area (Å²) in [6, 6.07) is 12.3. The number of amides is 1. The molecule has 0 saturated carbocycles. The van der Waals surface area contributed by atoms with E-state index in [4.69, 9.17) is 23.2 Å². The average molecular weight is 441 g/mol. The summed E-state index contributed by atoms with van der Waals surface area (Å²) in [5, 5.41) is 3.34. The van der Waals surface area contributed by atoms with Crippen LogP contribution in [0, 0.1) is 12.8 Å². The number of sulfonamides is 1. The summed E-state index contributed by atoms with van der Waals surface area (Å²) in [6.45, 7) is 2.90. The molecule has 1 amide bonds. The molecule has 1 aliphatic rings. The van der Waals surface area contributed by atoms with Gasteiger partial charge in [-0.3, -0.25) is 4.79 Å². The first-order valence-electron chi connectivity index (χ1n) is 9.06. The summed E-state index contributed by atoms with van der Waals surface area (Å²) in [7, 11) is -3.82. The molecular formula is C20H22Cl2N2O3S. The minimum atomic E-state index is -3.82. The van der Waals surface area contributed by atoms with Crippen LogP contribution >= 0.6 is 23.2 Å². The summed E-state index contributed by atoms with van der Waals surface area (Å²) in [5.74, 6) is -0.537. The van der Waals surface area contributed by atoms with E-state index < -0.39 is 15.9 Å². The topological polar surface area (TPSA) is 66.5 Å². The molecule has 1 heterocycles. The third-order valence-electron chi connectivity index (χ3n) is 4.82. The van der Waals surface area contributed by atoms with Crippen LogP contribution in [0.5, 0.6) is 0 Å². The molecule has 3 rings (SSSR count). The van der Waals surface area contributed by atoms with Crippen LogP contribution in [0.1, 0.15) is 24.0 Å². The minimum Gasteiger partial charge on any atom is -0.352 e. The maximum absolute atomic E-state index is 13.0. The summed E-state index contributed by atoms with van der Waals surface area (Å²) in [4.78, 5) is 12.6. The summed E-state index contributed by atoms with van der Waals surface area (Å²) < 4.78 is 27.3. The molecule has 1 N–H and O–H groups in total. The van der Waals surface area contributed by atoms with E-state index in [1.54, 1.807) is 6.07 Å². The van der Waals surface area contributed by atoms with Gasteiger partial charge < -0.3 is 5.32 Å². The molecule has 0 aliphatic carbocycles. The lowest BCUT2D eigenvalue weighted by molar-refractivity contribution is -0.126. The molecule has 150 valence electrons. The van der Waals surface area contributed by atoms with E-state index in [1.165, 1.54) is 16.4 Å². The highest BCUT2D eigenvalue weighted by atomic mass is 35.5. The first-order valence-corrected chi connectivity index (χ1v) is 11.3. The first kappa shape index (κ1) is 21.1. The second-order valence-electron chi connectivity index (χ2n) is 6.98. The van der Waals surface area contributed by atoms with Crippen molar-refractivity contribution < 1.29 is 13.2 Å². The second kappa shape index (κ2) is 8.82. The van der Waals surface area contributed by atoms with Gasteiger partial charge in [-0.05, 0) is 43.5 Å². The monoisotopic (exact) mass is 440 g/mol. The molecule has 0 aromatic heterocycles. The number of nitrogens with one attached hydrogen (secondary N) is 1. The van der Waals surface area contributed by atoms with E-state index in [-0.39, 0.29) is 22.4 Å². The number of carbonyl (C=O) groups is 1. The number of halogens is 2. The molecule has 28 heavy (non-hydrogen) atoms. The zero-order valence-corrected chi connectivity index (χ0v) is 17.8. The Balaban J connectivity index is 1.69. The molecule has 5 nitrogen and oxygen atoms in total. The molecule has 2 aromatic rings. The highest BCUT2D eigenvalue weighted by molar-refractivity contribution is 7.89. The van der Waals surface area contributed by atoms with Gasteiger partial charge >= 0.3 is 0 Å². The van der Waals surface area contributed by atoms with E-state index in [1.807, 2.05) is 31.2 Å². The first-order chi connectivity index (χ1) is 13.3. The Morgan fingerprint density at radius 3 is 2.75 bits per heavy atom. The van der Waals surface area contributed by atoms with Gasteiger partial charge in [-0.15, -0.1) is 0 Å². The highest BCUT2D eigenvalue weighted by Crippen LogP contribution is 2.30. The van der Waals surface area contributed by atoms with Crippen LogP contribution in [0.15, 0.2) is 47.4 Å². The molecule has 8 heteroatoms. The van der Waals surface area contributed by atoms with Crippen molar-refractivity contribution in [3.8, 4) is 0 Å². The quantitative estimate of drug-likeness (QED) is 0.762. The molecule has 1 atom stereocenters. The maximum Gasteiger partial charge on any atom is 0.244 e. The lowest BCUT2D eigenvalue weighted by atomic mass is 9.98. The number of benzene rings is 2. The van der Waals surface area contributed by atoms with Crippen molar-refractivity contribution in [2.45, 2.75) is 31.2 Å². The van der Waals surface area contributed by atoms with Gasteiger partial charge in [0.15, 0.2) is 0 Å². The van der Waals surface area contributed by atoms with Gasteiger partial charge in [0.25, 0.3) is 0 Å². The molecule has 0 unspecified atom stereocenters. The number of aryl methyl sites for hydroxylation is 1. The van der Waals surface area contributed by atoms with Crippen LogP contribution in [0.4, 0.5) is 0 Å². The van der Waals surface area contributed by atoms with E-state index in [0.29, 0.717) is 31.0 Å². The maximum atomic E-state index is 13.0. The Labute approximate surface area is 175 Å². The molecule has 1 aliphatic heterocycles. The third kappa shape index (κ3) is 4.87. The molecule has 2 aromatic carbocycles. The summed E-state index contributed by atoms with van der Waals surface area (Å²) >= 11 is 12.0. The predicted molar refractivity (Wildman–Crippen MR) is 111 cm³/mol. The van der Waals surface area contributed by atoms with Crippen molar-refractivity contribution in [1.82, 2.24) is 9.62 Å². The SMILES string of the molecule is Cc1cccc(CNC(=O)[C@H]2CCCN(S(=O)(=O)c3cc(Cl)ccc3Cl)C2)c1. The highest BCUT2D eigenvalue weighted by Gasteiger charge is 2.34. The molecular weight excluding hydrogens is 419 g/mol. The van der Waals surface area contributed by atoms with E-state index in [9.17, 15) is 13.2 Å². The molecule has 0 spiro atoms. The second-order valence-corrected chi connectivity index (χ2v) is 9.73. The third-order valence-corrected chi connectivity index (χ3v) is 7.40. The fourth-order valence-electron chi connectivity index (χ4n) is 3.34. The Kier molecular flexibility index (Phi) is 6.65. The van der Waals surface area contributed by atoms with Crippen LogP contribution in [0.3, 0.4) is 0 Å². The van der Waals surface area contributed by atoms with Crippen molar-refractivity contribution in [3.05, 3.63) is 63.6 Å². The van der Waals surface area contributed by atoms with Crippen LogP contribution in [0.25, 0.3) is 0 Å². The standard InChI is InChI=1S/C20H22Cl2N2O3S/c1-14-4-2-5-15(10-14)12-23-20(25)16-6-3-9-24(13-16)28(26,27)19-11-17(21)7-8-18(19)22/h2,4-5,7-8,10-11,16H,3,6,9,12-13H2,1H3,(H,23,25)/t16-/m0/s1. The predicted octanol–water partition coefficient (Wildman–Crippen LogP) is 4.02. The minimum absolute atomic E-state index is 0.0255. The van der Waals surface area contributed by atoms with Gasteiger partial charge in [0.2, 0.25) is 15.9 Å². The Hall–Kier alpha value is -1.60. The number of piperidine rings is 1. The normalized spacial score (nSPS) is 18.0. The van der Waals surface area contributed by atoms with Crippen molar-refractivity contribution in [2.24, 2.45) is 5.92 Å². The fourth-order valence-corrected chi connectivity index (χ4v) is 5.61. The smallest absolute Gasteiger partial charge is 0.244 e. The Morgan fingerprint density at radius 2 is 2.00 bits per heavy atom. The van der Waals surface area contributed by atoms with Gasteiger partial charge in [0, 0.05) is 24.7 Å². The van der Waals surface area contributed by atoms with E-state index >= 15 is 0 Å².